The number of piperidine rings is 1. The molecule has 1 aromatic carbocycles. The Kier molecular flexibility index (Phi) is 5.31. The Morgan fingerprint density at radius 1 is 1.37 bits per heavy atom. The van der Waals surface area contributed by atoms with Gasteiger partial charge in [0.15, 0.2) is 0 Å². The van der Waals surface area contributed by atoms with Crippen LogP contribution in [0, 0.1) is 11.7 Å². The van der Waals surface area contributed by atoms with Crippen LogP contribution in [0.5, 0.6) is 0 Å². The van der Waals surface area contributed by atoms with Gasteiger partial charge in [-0.2, -0.15) is 0 Å². The molecule has 1 saturated heterocycles. The number of hydrogen-bond acceptors (Lipinski definition) is 3. The van der Waals surface area contributed by atoms with E-state index in [0.717, 1.165) is 38.0 Å². The normalized spacial score (nSPS) is 19.5. The standard InChI is InChI=1S/C15H24FN3/c1-18-15(13-4-2-3-5-14(13)16)12-6-9-19(10-7-12)11-8-17/h2-5,12,15,18H,6-11,17H2,1H3. The summed E-state index contributed by atoms with van der Waals surface area (Å²) in [4.78, 5) is 2.39. The SMILES string of the molecule is CNC(c1ccccc1F)C1CCN(CCN)CC1. The maximum absolute atomic E-state index is 13.9. The summed E-state index contributed by atoms with van der Waals surface area (Å²) in [5.41, 5.74) is 6.38. The predicted molar refractivity (Wildman–Crippen MR) is 76.4 cm³/mol. The monoisotopic (exact) mass is 265 g/mol. The minimum Gasteiger partial charge on any atom is -0.329 e. The van der Waals surface area contributed by atoms with Crippen LogP contribution >= 0.6 is 0 Å². The lowest BCUT2D eigenvalue weighted by Gasteiger charge is -2.36. The highest BCUT2D eigenvalue weighted by Gasteiger charge is 2.27. The van der Waals surface area contributed by atoms with Crippen LogP contribution in [0.15, 0.2) is 24.3 Å². The lowest BCUT2D eigenvalue weighted by molar-refractivity contribution is 0.163. The summed E-state index contributed by atoms with van der Waals surface area (Å²) < 4.78 is 13.9. The molecule has 106 valence electrons. The van der Waals surface area contributed by atoms with Crippen molar-refractivity contribution in [2.45, 2.75) is 18.9 Å². The second-order valence-corrected chi connectivity index (χ2v) is 5.26. The molecule has 2 rings (SSSR count). The maximum atomic E-state index is 13.9. The van der Waals surface area contributed by atoms with Crippen molar-refractivity contribution in [3.63, 3.8) is 0 Å². The molecule has 19 heavy (non-hydrogen) atoms. The molecule has 1 aliphatic heterocycles. The summed E-state index contributed by atoms with van der Waals surface area (Å²) in [5, 5.41) is 3.29. The van der Waals surface area contributed by atoms with Crippen LogP contribution in [0.1, 0.15) is 24.4 Å². The van der Waals surface area contributed by atoms with Gasteiger partial charge in [-0.05, 0) is 45.0 Å². The van der Waals surface area contributed by atoms with Crippen molar-refractivity contribution in [3.8, 4) is 0 Å². The average Bonchev–Trinajstić information content (AvgIpc) is 2.44. The molecule has 1 unspecified atom stereocenters. The van der Waals surface area contributed by atoms with Crippen molar-refractivity contribution in [2.24, 2.45) is 11.7 Å². The van der Waals surface area contributed by atoms with E-state index in [-0.39, 0.29) is 11.9 Å². The Balaban J connectivity index is 2.02. The zero-order valence-corrected chi connectivity index (χ0v) is 11.6. The van der Waals surface area contributed by atoms with E-state index < -0.39 is 0 Å². The largest absolute Gasteiger partial charge is 0.329 e. The number of benzene rings is 1. The van der Waals surface area contributed by atoms with Gasteiger partial charge in [0.05, 0.1) is 0 Å². The molecule has 0 aromatic heterocycles. The molecule has 3 nitrogen and oxygen atoms in total. The van der Waals surface area contributed by atoms with Crippen molar-refractivity contribution in [1.82, 2.24) is 10.2 Å². The van der Waals surface area contributed by atoms with Crippen molar-refractivity contribution in [3.05, 3.63) is 35.6 Å². The van der Waals surface area contributed by atoms with Gasteiger partial charge in [0, 0.05) is 24.7 Å². The van der Waals surface area contributed by atoms with Gasteiger partial charge < -0.3 is 16.0 Å². The first-order valence-electron chi connectivity index (χ1n) is 7.10. The molecule has 1 atom stereocenters. The van der Waals surface area contributed by atoms with Crippen LogP contribution in [-0.2, 0) is 0 Å². The summed E-state index contributed by atoms with van der Waals surface area (Å²) in [6.45, 7) is 3.81. The first kappa shape index (κ1) is 14.4. The third kappa shape index (κ3) is 3.53. The van der Waals surface area contributed by atoms with Gasteiger partial charge in [0.2, 0.25) is 0 Å². The number of hydrogen-bond donors (Lipinski definition) is 2. The number of rotatable bonds is 5. The lowest BCUT2D eigenvalue weighted by Crippen LogP contribution is -2.40. The Morgan fingerprint density at radius 3 is 2.63 bits per heavy atom. The summed E-state index contributed by atoms with van der Waals surface area (Å²) in [6, 6.07) is 7.20. The highest BCUT2D eigenvalue weighted by molar-refractivity contribution is 5.22. The molecule has 0 aliphatic carbocycles. The predicted octanol–water partition coefficient (Wildman–Crippen LogP) is 1.76. The molecule has 0 saturated carbocycles. The van der Waals surface area contributed by atoms with E-state index in [1.54, 1.807) is 12.1 Å². The van der Waals surface area contributed by atoms with Gasteiger partial charge in [-0.15, -0.1) is 0 Å². The second kappa shape index (κ2) is 6.98. The molecule has 0 spiro atoms. The third-order valence-electron chi connectivity index (χ3n) is 4.10. The molecule has 1 fully saturated rings. The van der Waals surface area contributed by atoms with E-state index >= 15 is 0 Å². The summed E-state index contributed by atoms with van der Waals surface area (Å²) >= 11 is 0. The van der Waals surface area contributed by atoms with Crippen LogP contribution < -0.4 is 11.1 Å². The molecule has 3 N–H and O–H groups in total. The quantitative estimate of drug-likeness (QED) is 0.852. The number of nitrogens with two attached hydrogens (primary N) is 1. The molecule has 1 aromatic rings. The van der Waals surface area contributed by atoms with Crippen LogP contribution in [-0.4, -0.2) is 38.1 Å². The molecule has 0 radical (unpaired) electrons. The van der Waals surface area contributed by atoms with Gasteiger partial charge in [-0.1, -0.05) is 18.2 Å². The first-order chi connectivity index (χ1) is 9.26. The van der Waals surface area contributed by atoms with E-state index in [2.05, 4.69) is 10.2 Å². The van der Waals surface area contributed by atoms with Gasteiger partial charge >= 0.3 is 0 Å². The fourth-order valence-corrected chi connectivity index (χ4v) is 3.06. The molecule has 4 heteroatoms. The lowest BCUT2D eigenvalue weighted by atomic mass is 9.85. The molecule has 0 amide bonds. The highest BCUT2D eigenvalue weighted by atomic mass is 19.1. The van der Waals surface area contributed by atoms with E-state index in [0.29, 0.717) is 12.5 Å². The summed E-state index contributed by atoms with van der Waals surface area (Å²) in [5.74, 6) is 0.391. The molecule has 1 aliphatic rings. The number of likely N-dealkylation sites (tertiary alicyclic amines) is 1. The van der Waals surface area contributed by atoms with Crippen LogP contribution in [0.3, 0.4) is 0 Å². The van der Waals surface area contributed by atoms with Crippen LogP contribution in [0.2, 0.25) is 0 Å². The fourth-order valence-electron chi connectivity index (χ4n) is 3.06. The Labute approximate surface area is 115 Å². The van der Waals surface area contributed by atoms with E-state index in [4.69, 9.17) is 5.73 Å². The van der Waals surface area contributed by atoms with Crippen LogP contribution in [0.4, 0.5) is 4.39 Å². The van der Waals surface area contributed by atoms with E-state index in [9.17, 15) is 4.39 Å². The van der Waals surface area contributed by atoms with E-state index in [1.807, 2.05) is 19.2 Å². The minimum atomic E-state index is -0.105. The van der Waals surface area contributed by atoms with Crippen molar-refractivity contribution in [1.29, 1.82) is 0 Å². The molecule has 1 heterocycles. The smallest absolute Gasteiger partial charge is 0.127 e. The van der Waals surface area contributed by atoms with Gasteiger partial charge in [-0.25, -0.2) is 4.39 Å². The van der Waals surface area contributed by atoms with Gasteiger partial charge in [0.25, 0.3) is 0 Å². The minimum absolute atomic E-state index is 0.105. The zero-order valence-electron chi connectivity index (χ0n) is 11.6. The summed E-state index contributed by atoms with van der Waals surface area (Å²) in [6.07, 6.45) is 2.19. The van der Waals surface area contributed by atoms with Crippen molar-refractivity contribution in [2.75, 3.05) is 33.2 Å². The Hall–Kier alpha value is -0.970. The second-order valence-electron chi connectivity index (χ2n) is 5.26. The Bertz CT molecular complexity index is 389. The maximum Gasteiger partial charge on any atom is 0.127 e. The number of nitrogens with one attached hydrogen (secondary N) is 1. The zero-order chi connectivity index (χ0) is 13.7. The summed E-state index contributed by atoms with van der Waals surface area (Å²) in [7, 11) is 1.92. The van der Waals surface area contributed by atoms with Crippen molar-refractivity contribution >= 4 is 0 Å². The highest BCUT2D eigenvalue weighted by Crippen LogP contribution is 2.31. The van der Waals surface area contributed by atoms with Crippen LogP contribution in [0.25, 0.3) is 0 Å². The molecular formula is C15H24FN3. The molecular weight excluding hydrogens is 241 g/mol. The number of nitrogens with zero attached hydrogens (tertiary/aromatic N) is 1. The third-order valence-corrected chi connectivity index (χ3v) is 4.10. The average molecular weight is 265 g/mol. The van der Waals surface area contributed by atoms with Gasteiger partial charge in [-0.3, -0.25) is 0 Å². The first-order valence-corrected chi connectivity index (χ1v) is 7.10. The fraction of sp³-hybridized carbons (Fsp3) is 0.600. The Morgan fingerprint density at radius 2 is 2.05 bits per heavy atom. The number of halogens is 1. The van der Waals surface area contributed by atoms with Gasteiger partial charge in [0.1, 0.15) is 5.82 Å². The topological polar surface area (TPSA) is 41.3 Å². The molecule has 0 bridgehead atoms. The van der Waals surface area contributed by atoms with E-state index in [1.165, 1.54) is 0 Å². The van der Waals surface area contributed by atoms with Crippen molar-refractivity contribution < 1.29 is 4.39 Å².